The third-order valence-corrected chi connectivity index (χ3v) is 2.91. The fraction of sp³-hybridized carbons (Fsp3) is 0. The van der Waals surface area contributed by atoms with E-state index in [-0.39, 0.29) is 0 Å². The first-order valence-electron chi connectivity index (χ1n) is 5.12. The van der Waals surface area contributed by atoms with Crippen molar-refractivity contribution in [3.63, 3.8) is 0 Å². The van der Waals surface area contributed by atoms with Crippen LogP contribution in [0.15, 0.2) is 36.8 Å². The molecule has 0 aliphatic heterocycles. The normalized spacial score (nSPS) is 11.8. The average molecular weight is 208 g/mol. The summed E-state index contributed by atoms with van der Waals surface area (Å²) >= 11 is 0. The number of hydrogen-bond donors (Lipinski definition) is 2. The Kier molecular flexibility index (Phi) is 1.28. The number of aromatic nitrogens is 4. The number of nitrogens with one attached hydrogen (secondary N) is 2. The number of hydrogen-bond acceptors (Lipinski definition) is 2. The van der Waals surface area contributed by atoms with E-state index in [0.29, 0.717) is 0 Å². The van der Waals surface area contributed by atoms with Gasteiger partial charge in [0.1, 0.15) is 5.65 Å². The minimum Gasteiger partial charge on any atom is -0.359 e. The molecule has 0 saturated carbocycles. The van der Waals surface area contributed by atoms with Crippen LogP contribution >= 0.6 is 0 Å². The van der Waals surface area contributed by atoms with Crippen molar-refractivity contribution < 1.29 is 0 Å². The van der Waals surface area contributed by atoms with Gasteiger partial charge < -0.3 is 9.97 Å². The van der Waals surface area contributed by atoms with Crippen LogP contribution in [0.25, 0.3) is 33.0 Å². The summed E-state index contributed by atoms with van der Waals surface area (Å²) in [6, 6.07) is 6.00. The van der Waals surface area contributed by atoms with Gasteiger partial charge >= 0.3 is 0 Å². The molecule has 16 heavy (non-hydrogen) atoms. The first kappa shape index (κ1) is 7.87. The summed E-state index contributed by atoms with van der Waals surface area (Å²) in [5.41, 5.74) is 3.97. The molecule has 4 aromatic heterocycles. The van der Waals surface area contributed by atoms with Gasteiger partial charge in [-0.3, -0.25) is 4.98 Å². The molecule has 0 saturated heterocycles. The van der Waals surface area contributed by atoms with Gasteiger partial charge in [-0.25, -0.2) is 4.98 Å². The highest BCUT2D eigenvalue weighted by Gasteiger charge is 2.09. The Morgan fingerprint density at radius 2 is 2.12 bits per heavy atom. The maximum absolute atomic E-state index is 4.37. The molecule has 4 rings (SSSR count). The number of pyridine rings is 2. The predicted octanol–water partition coefficient (Wildman–Crippen LogP) is 2.59. The quantitative estimate of drug-likeness (QED) is 0.466. The highest BCUT2D eigenvalue weighted by Crippen LogP contribution is 2.28. The van der Waals surface area contributed by atoms with E-state index in [2.05, 4.69) is 26.0 Å². The molecule has 76 valence electrons. The maximum Gasteiger partial charge on any atom is 0.138 e. The summed E-state index contributed by atoms with van der Waals surface area (Å²) < 4.78 is 0. The molecule has 0 radical (unpaired) electrons. The van der Waals surface area contributed by atoms with Crippen molar-refractivity contribution in [2.45, 2.75) is 0 Å². The standard InChI is InChI=1S/C12H8N4/c1-2-7-10-9(16-12(7)14-4-1)6-15-8-3-5-13-11(8)10/h1-6,13H,(H,14,16). The summed E-state index contributed by atoms with van der Waals surface area (Å²) in [6.07, 6.45) is 5.55. The Balaban J connectivity index is 2.42. The van der Waals surface area contributed by atoms with Gasteiger partial charge in [-0.2, -0.15) is 0 Å². The van der Waals surface area contributed by atoms with Crippen molar-refractivity contribution >= 4 is 33.0 Å². The lowest BCUT2D eigenvalue weighted by Crippen LogP contribution is -1.76. The highest BCUT2D eigenvalue weighted by molar-refractivity contribution is 6.17. The number of nitrogens with zero attached hydrogens (tertiary/aromatic N) is 2. The molecule has 4 nitrogen and oxygen atoms in total. The predicted molar refractivity (Wildman–Crippen MR) is 63.3 cm³/mol. The molecule has 0 aromatic carbocycles. The van der Waals surface area contributed by atoms with Crippen LogP contribution in [0.4, 0.5) is 0 Å². The SMILES string of the molecule is c1cnc2[nH]c3cnc4cc[nH]c4c3c2c1. The highest BCUT2D eigenvalue weighted by atomic mass is 14.9. The molecule has 2 N–H and O–H groups in total. The lowest BCUT2D eigenvalue weighted by molar-refractivity contribution is 1.34. The zero-order valence-electron chi connectivity index (χ0n) is 8.36. The van der Waals surface area contributed by atoms with Gasteiger partial charge in [0.05, 0.1) is 22.7 Å². The summed E-state index contributed by atoms with van der Waals surface area (Å²) in [5, 5.41) is 2.30. The Hall–Kier alpha value is -2.36. The first-order valence-corrected chi connectivity index (χ1v) is 5.12. The molecule has 4 aromatic rings. The Morgan fingerprint density at radius 1 is 1.12 bits per heavy atom. The van der Waals surface area contributed by atoms with E-state index in [4.69, 9.17) is 0 Å². The Bertz CT molecular complexity index is 809. The van der Waals surface area contributed by atoms with Gasteiger partial charge in [-0.15, -0.1) is 0 Å². The van der Waals surface area contributed by atoms with E-state index >= 15 is 0 Å². The minimum absolute atomic E-state index is 0.904. The summed E-state index contributed by atoms with van der Waals surface area (Å²) in [7, 11) is 0. The number of H-pyrrole nitrogens is 2. The van der Waals surface area contributed by atoms with Gasteiger partial charge in [-0.1, -0.05) is 0 Å². The van der Waals surface area contributed by atoms with Crippen LogP contribution in [0, 0.1) is 0 Å². The van der Waals surface area contributed by atoms with Crippen LogP contribution in [0.5, 0.6) is 0 Å². The van der Waals surface area contributed by atoms with Gasteiger partial charge in [0.15, 0.2) is 0 Å². The molecular formula is C12H8N4. The third kappa shape index (κ3) is 0.839. The lowest BCUT2D eigenvalue weighted by atomic mass is 10.2. The van der Waals surface area contributed by atoms with E-state index in [0.717, 1.165) is 33.0 Å². The molecule has 0 aliphatic carbocycles. The molecule has 0 amide bonds. The summed E-state index contributed by atoms with van der Waals surface area (Å²) in [6.45, 7) is 0. The van der Waals surface area contributed by atoms with Crippen LogP contribution in [0.2, 0.25) is 0 Å². The lowest BCUT2D eigenvalue weighted by Gasteiger charge is -1.92. The fourth-order valence-corrected chi connectivity index (χ4v) is 2.21. The second-order valence-corrected chi connectivity index (χ2v) is 3.81. The van der Waals surface area contributed by atoms with Crippen molar-refractivity contribution in [2.24, 2.45) is 0 Å². The summed E-state index contributed by atoms with van der Waals surface area (Å²) in [5.74, 6) is 0. The van der Waals surface area contributed by atoms with Crippen molar-refractivity contribution in [3.8, 4) is 0 Å². The van der Waals surface area contributed by atoms with Crippen LogP contribution in [-0.4, -0.2) is 19.9 Å². The molecule has 0 atom stereocenters. The molecule has 0 bridgehead atoms. The fourth-order valence-electron chi connectivity index (χ4n) is 2.21. The molecule has 0 unspecified atom stereocenters. The third-order valence-electron chi connectivity index (χ3n) is 2.91. The smallest absolute Gasteiger partial charge is 0.138 e. The molecule has 0 spiro atoms. The Labute approximate surface area is 90.3 Å². The second-order valence-electron chi connectivity index (χ2n) is 3.81. The molecular weight excluding hydrogens is 200 g/mol. The van der Waals surface area contributed by atoms with Crippen LogP contribution < -0.4 is 0 Å². The molecule has 4 heteroatoms. The number of fused-ring (bicyclic) bond motifs is 5. The average Bonchev–Trinajstić information content (AvgIpc) is 2.91. The molecule has 4 heterocycles. The number of rotatable bonds is 0. The van der Waals surface area contributed by atoms with Crippen LogP contribution in [0.1, 0.15) is 0 Å². The molecule has 0 aliphatic rings. The monoisotopic (exact) mass is 208 g/mol. The maximum atomic E-state index is 4.37. The van der Waals surface area contributed by atoms with E-state index in [1.807, 2.05) is 24.5 Å². The Morgan fingerprint density at radius 3 is 3.12 bits per heavy atom. The van der Waals surface area contributed by atoms with Crippen molar-refractivity contribution in [3.05, 3.63) is 36.8 Å². The zero-order chi connectivity index (χ0) is 10.5. The minimum atomic E-state index is 0.904. The van der Waals surface area contributed by atoms with Crippen molar-refractivity contribution in [1.82, 2.24) is 19.9 Å². The van der Waals surface area contributed by atoms with Crippen LogP contribution in [0.3, 0.4) is 0 Å². The van der Waals surface area contributed by atoms with E-state index < -0.39 is 0 Å². The zero-order valence-corrected chi connectivity index (χ0v) is 8.36. The topological polar surface area (TPSA) is 57.4 Å². The summed E-state index contributed by atoms with van der Waals surface area (Å²) in [4.78, 5) is 15.2. The van der Waals surface area contributed by atoms with Crippen LogP contribution in [-0.2, 0) is 0 Å². The second kappa shape index (κ2) is 2.61. The van der Waals surface area contributed by atoms with Crippen molar-refractivity contribution in [2.75, 3.05) is 0 Å². The first-order chi connectivity index (χ1) is 7.93. The largest absolute Gasteiger partial charge is 0.359 e. The van der Waals surface area contributed by atoms with Gasteiger partial charge in [-0.05, 0) is 18.2 Å². The van der Waals surface area contributed by atoms with E-state index in [9.17, 15) is 0 Å². The van der Waals surface area contributed by atoms with Gasteiger partial charge in [0, 0.05) is 23.2 Å². The van der Waals surface area contributed by atoms with Gasteiger partial charge in [0.25, 0.3) is 0 Å². The van der Waals surface area contributed by atoms with E-state index in [1.165, 1.54) is 0 Å². The molecule has 0 fully saturated rings. The number of aromatic amines is 2. The van der Waals surface area contributed by atoms with Crippen molar-refractivity contribution in [1.29, 1.82) is 0 Å². The van der Waals surface area contributed by atoms with Gasteiger partial charge in [0.2, 0.25) is 0 Å². The van der Waals surface area contributed by atoms with E-state index in [1.54, 1.807) is 6.20 Å².